The highest BCUT2D eigenvalue weighted by molar-refractivity contribution is 9.10. The number of ether oxygens (including phenoxy) is 3. The summed E-state index contributed by atoms with van der Waals surface area (Å²) in [6, 6.07) is 22.2. The predicted octanol–water partition coefficient (Wildman–Crippen LogP) is 5.52. The summed E-state index contributed by atoms with van der Waals surface area (Å²) in [4.78, 5) is 12.6. The Balaban J connectivity index is 1.27. The Hall–Kier alpha value is -3.78. The van der Waals surface area contributed by atoms with Crippen molar-refractivity contribution in [1.29, 1.82) is 0 Å². The molecule has 0 radical (unpaired) electrons. The van der Waals surface area contributed by atoms with Crippen LogP contribution in [0.2, 0.25) is 0 Å². The summed E-state index contributed by atoms with van der Waals surface area (Å²) >= 11 is 3.39. The summed E-state index contributed by atoms with van der Waals surface area (Å²) in [5.74, 6) is 2.04. The highest BCUT2D eigenvalue weighted by Crippen LogP contribution is 2.19. The first kappa shape index (κ1) is 22.4. The van der Waals surface area contributed by atoms with Gasteiger partial charge in [0.05, 0.1) is 25.2 Å². The monoisotopic (exact) mass is 507 g/mol. The Labute approximate surface area is 200 Å². The molecule has 1 aromatic heterocycles. The predicted molar refractivity (Wildman–Crippen MR) is 129 cm³/mol. The number of aromatic nitrogens is 2. The summed E-state index contributed by atoms with van der Waals surface area (Å²) < 4.78 is 19.2. The number of rotatable bonds is 9. The number of benzene rings is 3. The molecule has 33 heavy (non-hydrogen) atoms. The lowest BCUT2D eigenvalue weighted by Gasteiger charge is -2.08. The average Bonchev–Trinajstić information content (AvgIpc) is 3.30. The summed E-state index contributed by atoms with van der Waals surface area (Å²) in [6.45, 7) is 0.639. The molecule has 3 aromatic carbocycles. The molecule has 1 N–H and O–H groups in total. The van der Waals surface area contributed by atoms with Crippen molar-refractivity contribution in [1.82, 2.24) is 9.78 Å². The Bertz CT molecular complexity index is 1190. The summed E-state index contributed by atoms with van der Waals surface area (Å²) in [5, 5.41) is 7.06. The SMILES string of the molecule is COc1ccc(OCc2ccc(C(=O)Nc3cnn(COc4ccc(Br)cc4)c3)cc2)cc1. The van der Waals surface area contributed by atoms with Crippen LogP contribution in [-0.2, 0) is 13.3 Å². The van der Waals surface area contributed by atoms with Crippen LogP contribution in [0.1, 0.15) is 15.9 Å². The van der Waals surface area contributed by atoms with Gasteiger partial charge >= 0.3 is 0 Å². The van der Waals surface area contributed by atoms with E-state index in [4.69, 9.17) is 14.2 Å². The number of hydrogen-bond acceptors (Lipinski definition) is 5. The van der Waals surface area contributed by atoms with Gasteiger partial charge in [0.15, 0.2) is 6.73 Å². The van der Waals surface area contributed by atoms with E-state index >= 15 is 0 Å². The largest absolute Gasteiger partial charge is 0.497 e. The Morgan fingerprint density at radius 2 is 1.55 bits per heavy atom. The molecule has 1 amide bonds. The van der Waals surface area contributed by atoms with E-state index in [1.165, 1.54) is 0 Å². The van der Waals surface area contributed by atoms with E-state index in [-0.39, 0.29) is 12.6 Å². The van der Waals surface area contributed by atoms with Crippen molar-refractivity contribution >= 4 is 27.5 Å². The van der Waals surface area contributed by atoms with Gasteiger partial charge in [-0.1, -0.05) is 28.1 Å². The van der Waals surface area contributed by atoms with Crippen LogP contribution in [0.25, 0.3) is 0 Å². The summed E-state index contributed by atoms with van der Waals surface area (Å²) in [5.41, 5.74) is 2.09. The van der Waals surface area contributed by atoms with Crippen LogP contribution in [0, 0.1) is 0 Å². The van der Waals surface area contributed by atoms with Crippen LogP contribution in [0.4, 0.5) is 5.69 Å². The third-order valence-electron chi connectivity index (χ3n) is 4.75. The van der Waals surface area contributed by atoms with E-state index in [9.17, 15) is 4.79 Å². The number of anilines is 1. The van der Waals surface area contributed by atoms with Gasteiger partial charge in [0.25, 0.3) is 5.91 Å². The van der Waals surface area contributed by atoms with E-state index in [0.29, 0.717) is 17.9 Å². The molecule has 4 aromatic rings. The maximum atomic E-state index is 12.6. The molecule has 0 saturated carbocycles. The smallest absolute Gasteiger partial charge is 0.255 e. The zero-order valence-corrected chi connectivity index (χ0v) is 19.5. The highest BCUT2D eigenvalue weighted by Gasteiger charge is 2.08. The molecule has 0 fully saturated rings. The molecule has 168 valence electrons. The van der Waals surface area contributed by atoms with Crippen LogP contribution in [0.3, 0.4) is 0 Å². The molecule has 1 heterocycles. The van der Waals surface area contributed by atoms with Gasteiger partial charge < -0.3 is 19.5 Å². The molecule has 7 nitrogen and oxygen atoms in total. The fraction of sp³-hybridized carbons (Fsp3) is 0.120. The zero-order chi connectivity index (χ0) is 23.0. The lowest BCUT2D eigenvalue weighted by molar-refractivity contribution is 0.102. The summed E-state index contributed by atoms with van der Waals surface area (Å²) in [6.07, 6.45) is 3.30. The van der Waals surface area contributed by atoms with Crippen LogP contribution >= 0.6 is 15.9 Å². The number of carbonyl (C=O) groups is 1. The first-order valence-electron chi connectivity index (χ1n) is 10.2. The third kappa shape index (κ3) is 6.36. The van der Waals surface area contributed by atoms with E-state index < -0.39 is 0 Å². The normalized spacial score (nSPS) is 10.5. The fourth-order valence-electron chi connectivity index (χ4n) is 2.96. The fourth-order valence-corrected chi connectivity index (χ4v) is 3.23. The van der Waals surface area contributed by atoms with Crippen molar-refractivity contribution in [3.05, 3.63) is 101 Å². The van der Waals surface area contributed by atoms with E-state index in [1.54, 1.807) is 36.3 Å². The first-order chi connectivity index (χ1) is 16.1. The molecule has 0 aliphatic carbocycles. The minimum Gasteiger partial charge on any atom is -0.497 e. The van der Waals surface area contributed by atoms with Crippen molar-refractivity contribution in [2.24, 2.45) is 0 Å². The Kier molecular flexibility index (Phi) is 7.26. The van der Waals surface area contributed by atoms with Gasteiger partial charge in [-0.25, -0.2) is 4.68 Å². The van der Waals surface area contributed by atoms with Gasteiger partial charge in [0, 0.05) is 10.0 Å². The molecule has 0 spiro atoms. The molecular weight excluding hydrogens is 486 g/mol. The standard InChI is InChI=1S/C25H22BrN3O4/c1-31-22-10-12-23(13-11-22)32-16-18-2-4-19(5-3-18)25(30)28-21-14-27-29(15-21)17-33-24-8-6-20(26)7-9-24/h2-15H,16-17H2,1H3,(H,28,30). The van der Waals surface area contributed by atoms with Crippen molar-refractivity contribution < 1.29 is 19.0 Å². The molecule has 0 aliphatic rings. The Morgan fingerprint density at radius 1 is 0.909 bits per heavy atom. The number of carbonyl (C=O) groups excluding carboxylic acids is 1. The second kappa shape index (κ2) is 10.7. The molecule has 0 bridgehead atoms. The van der Waals surface area contributed by atoms with Gasteiger partial charge in [-0.05, 0) is 66.2 Å². The molecular formula is C25H22BrN3O4. The molecule has 0 saturated heterocycles. The zero-order valence-electron chi connectivity index (χ0n) is 17.9. The molecule has 0 atom stereocenters. The lowest BCUT2D eigenvalue weighted by atomic mass is 10.1. The number of amides is 1. The highest BCUT2D eigenvalue weighted by atomic mass is 79.9. The van der Waals surface area contributed by atoms with Crippen molar-refractivity contribution in [3.63, 3.8) is 0 Å². The quantitative estimate of drug-likeness (QED) is 0.322. The molecule has 8 heteroatoms. The second-order valence-electron chi connectivity index (χ2n) is 7.11. The number of nitrogens with zero attached hydrogens (tertiary/aromatic N) is 2. The average molecular weight is 508 g/mol. The maximum Gasteiger partial charge on any atom is 0.255 e. The molecule has 0 unspecified atom stereocenters. The van der Waals surface area contributed by atoms with Crippen LogP contribution in [0.5, 0.6) is 17.2 Å². The molecule has 0 aliphatic heterocycles. The van der Waals surface area contributed by atoms with Crippen molar-refractivity contribution in [3.8, 4) is 17.2 Å². The number of methoxy groups -OCH3 is 1. The number of nitrogens with one attached hydrogen (secondary N) is 1. The van der Waals surface area contributed by atoms with E-state index in [0.717, 1.165) is 27.3 Å². The third-order valence-corrected chi connectivity index (χ3v) is 5.28. The van der Waals surface area contributed by atoms with Crippen LogP contribution in [-0.4, -0.2) is 22.8 Å². The number of hydrogen-bond donors (Lipinski definition) is 1. The minimum absolute atomic E-state index is 0.217. The first-order valence-corrected chi connectivity index (χ1v) is 11.0. The van der Waals surface area contributed by atoms with Gasteiger partial charge in [0.1, 0.15) is 23.9 Å². The van der Waals surface area contributed by atoms with Crippen LogP contribution in [0.15, 0.2) is 89.7 Å². The minimum atomic E-state index is -0.217. The maximum absolute atomic E-state index is 12.6. The van der Waals surface area contributed by atoms with Gasteiger partial charge in [-0.15, -0.1) is 0 Å². The number of halogens is 1. The van der Waals surface area contributed by atoms with Crippen LogP contribution < -0.4 is 19.5 Å². The van der Waals surface area contributed by atoms with E-state index in [1.807, 2.05) is 60.7 Å². The van der Waals surface area contributed by atoms with Crippen molar-refractivity contribution in [2.75, 3.05) is 12.4 Å². The molecule has 4 rings (SSSR count). The van der Waals surface area contributed by atoms with Gasteiger partial charge in [-0.3, -0.25) is 4.79 Å². The summed E-state index contributed by atoms with van der Waals surface area (Å²) in [7, 11) is 1.62. The Morgan fingerprint density at radius 3 is 2.24 bits per heavy atom. The van der Waals surface area contributed by atoms with E-state index in [2.05, 4.69) is 26.3 Å². The van der Waals surface area contributed by atoms with Gasteiger partial charge in [0.2, 0.25) is 0 Å². The topological polar surface area (TPSA) is 74.6 Å². The lowest BCUT2D eigenvalue weighted by Crippen LogP contribution is -2.11. The van der Waals surface area contributed by atoms with Crippen molar-refractivity contribution in [2.45, 2.75) is 13.3 Å². The second-order valence-corrected chi connectivity index (χ2v) is 8.03. The van der Waals surface area contributed by atoms with Gasteiger partial charge in [-0.2, -0.15) is 5.10 Å².